The number of nitrogens with one attached hydrogen (secondary N) is 1. The lowest BCUT2D eigenvalue weighted by molar-refractivity contribution is 0.166. The van der Waals surface area contributed by atoms with Crippen LogP contribution in [0.4, 0.5) is 10.5 Å². The van der Waals surface area contributed by atoms with Gasteiger partial charge in [-0.15, -0.1) is 0 Å². The van der Waals surface area contributed by atoms with Crippen molar-refractivity contribution in [3.63, 3.8) is 0 Å². The second-order valence-corrected chi connectivity index (χ2v) is 8.97. The predicted molar refractivity (Wildman–Crippen MR) is 134 cm³/mol. The number of halogens is 1. The van der Waals surface area contributed by atoms with Crippen LogP contribution >= 0.6 is 11.6 Å². The van der Waals surface area contributed by atoms with E-state index in [1.807, 2.05) is 46.2 Å². The highest BCUT2D eigenvalue weighted by Gasteiger charge is 2.32. The van der Waals surface area contributed by atoms with Crippen LogP contribution in [-0.4, -0.2) is 42.2 Å². The molecule has 33 heavy (non-hydrogen) atoms. The molecule has 0 bridgehead atoms. The van der Waals surface area contributed by atoms with Crippen LogP contribution in [0.1, 0.15) is 45.1 Å². The van der Waals surface area contributed by atoms with E-state index in [0.29, 0.717) is 36.2 Å². The summed E-state index contributed by atoms with van der Waals surface area (Å²) in [5.74, 6) is 1.35. The summed E-state index contributed by atoms with van der Waals surface area (Å²) in [7, 11) is 1.64. The fourth-order valence-electron chi connectivity index (χ4n) is 4.39. The summed E-state index contributed by atoms with van der Waals surface area (Å²) in [6.45, 7) is 6.06. The van der Waals surface area contributed by atoms with Crippen LogP contribution in [-0.2, 0) is 6.54 Å². The maximum Gasteiger partial charge on any atom is 0.325 e. The van der Waals surface area contributed by atoms with E-state index in [2.05, 4.69) is 18.8 Å². The number of urea groups is 1. The lowest BCUT2D eigenvalue weighted by Crippen LogP contribution is -2.53. The van der Waals surface area contributed by atoms with Crippen LogP contribution in [0.3, 0.4) is 0 Å². The molecule has 0 spiro atoms. The van der Waals surface area contributed by atoms with E-state index in [1.165, 1.54) is 0 Å². The Morgan fingerprint density at radius 3 is 2.82 bits per heavy atom. The van der Waals surface area contributed by atoms with E-state index in [0.717, 1.165) is 47.8 Å². The second kappa shape index (κ2) is 10.4. The molecule has 1 aliphatic heterocycles. The summed E-state index contributed by atoms with van der Waals surface area (Å²) in [5, 5.41) is 1.65. The standard InChI is InChI=1S/C26H32ClN3O3/c1-4-5-6-14-33-24-15-20(10-11-23(24)32-3)29-13-12-18(2)30(26(29)31)17-19-8-7-9-22-25(19)21(27)16-28-22/h7-11,15-16,18,28H,4-6,12-14,17H2,1-3H3/t18-/m0/s1. The van der Waals surface area contributed by atoms with Gasteiger partial charge in [-0.3, -0.25) is 4.90 Å². The highest BCUT2D eigenvalue weighted by Crippen LogP contribution is 2.35. The minimum atomic E-state index is -0.0143. The third kappa shape index (κ3) is 4.91. The number of nitrogens with zero attached hydrogens (tertiary/aromatic N) is 2. The second-order valence-electron chi connectivity index (χ2n) is 8.57. The molecule has 2 amide bonds. The number of aromatic amines is 1. The molecule has 1 atom stereocenters. The van der Waals surface area contributed by atoms with E-state index < -0.39 is 0 Å². The first-order valence-electron chi connectivity index (χ1n) is 11.7. The number of fused-ring (bicyclic) bond motifs is 1. The van der Waals surface area contributed by atoms with Crippen molar-refractivity contribution in [1.29, 1.82) is 0 Å². The molecule has 0 radical (unpaired) electrons. The number of carbonyl (C=O) groups is 1. The number of anilines is 1. The number of amides is 2. The van der Waals surface area contributed by atoms with Gasteiger partial charge < -0.3 is 19.4 Å². The summed E-state index contributed by atoms with van der Waals surface area (Å²) in [5.41, 5.74) is 2.84. The van der Waals surface area contributed by atoms with Gasteiger partial charge in [0.05, 0.1) is 18.7 Å². The van der Waals surface area contributed by atoms with E-state index in [-0.39, 0.29) is 12.1 Å². The van der Waals surface area contributed by atoms with Crippen LogP contribution in [0.15, 0.2) is 42.6 Å². The number of methoxy groups -OCH3 is 1. The molecule has 1 aliphatic rings. The summed E-state index contributed by atoms with van der Waals surface area (Å²) in [6.07, 6.45) is 5.92. The van der Waals surface area contributed by atoms with Gasteiger partial charge in [0.2, 0.25) is 0 Å². The predicted octanol–water partition coefficient (Wildman–Crippen LogP) is 6.62. The molecule has 2 aromatic carbocycles. The zero-order valence-electron chi connectivity index (χ0n) is 19.6. The quantitative estimate of drug-likeness (QED) is 0.358. The minimum Gasteiger partial charge on any atom is -0.493 e. The van der Waals surface area contributed by atoms with Crippen LogP contribution < -0.4 is 14.4 Å². The Kier molecular flexibility index (Phi) is 7.33. The van der Waals surface area contributed by atoms with Crippen LogP contribution in [0, 0.1) is 0 Å². The van der Waals surface area contributed by atoms with Gasteiger partial charge in [0, 0.05) is 48.0 Å². The summed E-state index contributed by atoms with van der Waals surface area (Å²) < 4.78 is 11.5. The summed E-state index contributed by atoms with van der Waals surface area (Å²) in [6, 6.07) is 11.9. The molecule has 0 saturated carbocycles. The normalized spacial score (nSPS) is 16.5. The van der Waals surface area contributed by atoms with Crippen molar-refractivity contribution in [2.24, 2.45) is 0 Å². The third-order valence-electron chi connectivity index (χ3n) is 6.33. The van der Waals surface area contributed by atoms with Crippen LogP contribution in [0.2, 0.25) is 5.02 Å². The molecule has 0 unspecified atom stereocenters. The van der Waals surface area contributed by atoms with Crippen LogP contribution in [0.25, 0.3) is 10.9 Å². The van der Waals surface area contributed by atoms with Crippen molar-refractivity contribution < 1.29 is 14.3 Å². The van der Waals surface area contributed by atoms with Gasteiger partial charge in [-0.25, -0.2) is 4.79 Å². The summed E-state index contributed by atoms with van der Waals surface area (Å²) in [4.78, 5) is 20.6. The van der Waals surface area contributed by atoms with Gasteiger partial charge in [-0.1, -0.05) is 43.5 Å². The first-order valence-corrected chi connectivity index (χ1v) is 12.0. The molecular weight excluding hydrogens is 438 g/mol. The lowest BCUT2D eigenvalue weighted by atomic mass is 10.1. The Morgan fingerprint density at radius 2 is 2.03 bits per heavy atom. The van der Waals surface area contributed by atoms with E-state index >= 15 is 0 Å². The van der Waals surface area contributed by atoms with Crippen molar-refractivity contribution in [3.8, 4) is 11.5 Å². The monoisotopic (exact) mass is 469 g/mol. The Labute approximate surface area is 200 Å². The zero-order valence-corrected chi connectivity index (χ0v) is 20.3. The first kappa shape index (κ1) is 23.3. The fraction of sp³-hybridized carbons (Fsp3) is 0.423. The molecular formula is C26H32ClN3O3. The molecule has 0 aliphatic carbocycles. The third-order valence-corrected chi connectivity index (χ3v) is 6.63. The first-order chi connectivity index (χ1) is 16.0. The maximum absolute atomic E-state index is 13.6. The van der Waals surface area contributed by atoms with E-state index in [1.54, 1.807) is 13.3 Å². The lowest BCUT2D eigenvalue weighted by Gasteiger charge is -2.40. The van der Waals surface area contributed by atoms with Crippen molar-refractivity contribution in [3.05, 3.63) is 53.2 Å². The van der Waals surface area contributed by atoms with Gasteiger partial charge in [0.15, 0.2) is 11.5 Å². The number of hydrogen-bond donors (Lipinski definition) is 1. The van der Waals surface area contributed by atoms with Gasteiger partial charge >= 0.3 is 6.03 Å². The minimum absolute atomic E-state index is 0.0143. The van der Waals surface area contributed by atoms with Gasteiger partial charge in [0.1, 0.15) is 0 Å². The highest BCUT2D eigenvalue weighted by molar-refractivity contribution is 6.35. The van der Waals surface area contributed by atoms with Crippen molar-refractivity contribution in [1.82, 2.24) is 9.88 Å². The number of hydrogen-bond acceptors (Lipinski definition) is 3. The Morgan fingerprint density at radius 1 is 1.18 bits per heavy atom. The number of H-pyrrole nitrogens is 1. The number of carbonyl (C=O) groups excluding carboxylic acids is 1. The molecule has 7 heteroatoms. The number of ether oxygens (including phenoxy) is 2. The smallest absolute Gasteiger partial charge is 0.325 e. The molecule has 1 N–H and O–H groups in total. The maximum atomic E-state index is 13.6. The Balaban J connectivity index is 1.57. The topological polar surface area (TPSA) is 57.8 Å². The zero-order chi connectivity index (χ0) is 23.4. The highest BCUT2D eigenvalue weighted by atomic mass is 35.5. The van der Waals surface area contributed by atoms with Gasteiger partial charge in [-0.2, -0.15) is 0 Å². The largest absolute Gasteiger partial charge is 0.493 e. The average Bonchev–Trinajstić information content (AvgIpc) is 3.21. The van der Waals surface area contributed by atoms with Crippen LogP contribution in [0.5, 0.6) is 11.5 Å². The molecule has 6 nitrogen and oxygen atoms in total. The van der Waals surface area contributed by atoms with E-state index in [4.69, 9.17) is 21.1 Å². The molecule has 4 rings (SSSR count). The number of unbranched alkanes of at least 4 members (excludes halogenated alkanes) is 2. The van der Waals surface area contributed by atoms with Crippen molar-refractivity contribution >= 4 is 34.2 Å². The molecule has 3 aromatic rings. The van der Waals surface area contributed by atoms with Crippen molar-refractivity contribution in [2.75, 3.05) is 25.2 Å². The number of rotatable bonds is 9. The molecule has 1 aromatic heterocycles. The Hall–Kier alpha value is -2.86. The fourth-order valence-corrected chi connectivity index (χ4v) is 4.66. The molecule has 1 fully saturated rings. The summed E-state index contributed by atoms with van der Waals surface area (Å²) >= 11 is 6.43. The van der Waals surface area contributed by atoms with Gasteiger partial charge in [-0.05, 0) is 43.5 Å². The SMILES string of the molecule is CCCCCOc1cc(N2CC[C@H](C)N(Cc3cccc4[nH]cc(Cl)c34)C2=O)ccc1OC. The van der Waals surface area contributed by atoms with E-state index in [9.17, 15) is 4.79 Å². The molecule has 2 heterocycles. The average molecular weight is 470 g/mol. The number of aromatic nitrogens is 1. The van der Waals surface area contributed by atoms with Crippen molar-refractivity contribution in [2.45, 2.75) is 52.1 Å². The Bertz CT molecular complexity index is 1110. The molecule has 1 saturated heterocycles. The molecule has 176 valence electrons. The number of benzene rings is 2. The van der Waals surface area contributed by atoms with Gasteiger partial charge in [0.25, 0.3) is 0 Å².